The summed E-state index contributed by atoms with van der Waals surface area (Å²) in [6.45, 7) is 2.62. The molecule has 0 spiro atoms. The normalized spacial score (nSPS) is 19.0. The summed E-state index contributed by atoms with van der Waals surface area (Å²) >= 11 is 3.22. The van der Waals surface area contributed by atoms with E-state index in [1.54, 1.807) is 6.07 Å². The maximum atomic E-state index is 11.9. The highest BCUT2D eigenvalue weighted by Gasteiger charge is 2.23. The number of carbonyl (C=O) groups excluding carboxylic acids is 1. The van der Waals surface area contributed by atoms with Crippen molar-refractivity contribution < 1.29 is 19.4 Å². The van der Waals surface area contributed by atoms with E-state index >= 15 is 0 Å². The van der Waals surface area contributed by atoms with Gasteiger partial charge in [0.2, 0.25) is 0 Å². The smallest absolute Gasteiger partial charge is 0.335 e. The number of urea groups is 1. The van der Waals surface area contributed by atoms with E-state index in [1.807, 2.05) is 6.92 Å². The number of carboxylic acid groups (broad SMARTS) is 1. The maximum absolute atomic E-state index is 11.9. The van der Waals surface area contributed by atoms with Crippen LogP contribution in [0.4, 0.5) is 10.5 Å². The highest BCUT2D eigenvalue weighted by Crippen LogP contribution is 2.20. The Kier molecular flexibility index (Phi) is 5.19. The minimum atomic E-state index is -1.05. The molecule has 2 atom stereocenters. The van der Waals surface area contributed by atoms with Crippen molar-refractivity contribution in [3.05, 3.63) is 28.2 Å². The number of carbonyl (C=O) groups is 2. The molecule has 1 aliphatic rings. The fourth-order valence-electron chi connectivity index (χ4n) is 2.25. The van der Waals surface area contributed by atoms with Crippen molar-refractivity contribution in [3.8, 4) is 0 Å². The van der Waals surface area contributed by atoms with Crippen LogP contribution in [-0.4, -0.2) is 35.9 Å². The van der Waals surface area contributed by atoms with E-state index in [9.17, 15) is 9.59 Å². The van der Waals surface area contributed by atoms with E-state index in [0.717, 1.165) is 19.4 Å². The summed E-state index contributed by atoms with van der Waals surface area (Å²) in [5, 5.41) is 14.4. The van der Waals surface area contributed by atoms with Gasteiger partial charge in [0.05, 0.1) is 17.7 Å². The number of halogens is 1. The molecule has 2 amide bonds. The van der Waals surface area contributed by atoms with Crippen LogP contribution in [-0.2, 0) is 4.74 Å². The quantitative estimate of drug-likeness (QED) is 0.773. The lowest BCUT2D eigenvalue weighted by Crippen LogP contribution is -2.43. The summed E-state index contributed by atoms with van der Waals surface area (Å²) in [6.07, 6.45) is 1.97. The molecular weight excluding hydrogens is 340 g/mol. The van der Waals surface area contributed by atoms with Gasteiger partial charge < -0.3 is 20.5 Å². The average Bonchev–Trinajstić information content (AvgIpc) is 2.91. The summed E-state index contributed by atoms with van der Waals surface area (Å²) in [4.78, 5) is 22.9. The van der Waals surface area contributed by atoms with E-state index in [4.69, 9.17) is 9.84 Å². The highest BCUT2D eigenvalue weighted by atomic mass is 79.9. The Bertz CT molecular complexity index is 544. The van der Waals surface area contributed by atoms with Gasteiger partial charge in [0, 0.05) is 16.8 Å². The monoisotopic (exact) mass is 356 g/mol. The molecule has 1 aliphatic heterocycles. The zero-order chi connectivity index (χ0) is 15.4. The Hall–Kier alpha value is -1.60. The number of carboxylic acids is 1. The Morgan fingerprint density at radius 3 is 2.81 bits per heavy atom. The molecule has 3 N–H and O–H groups in total. The van der Waals surface area contributed by atoms with Gasteiger partial charge in [-0.1, -0.05) is 15.9 Å². The first kappa shape index (κ1) is 15.8. The van der Waals surface area contributed by atoms with Crippen LogP contribution in [0.5, 0.6) is 0 Å². The second kappa shape index (κ2) is 6.91. The van der Waals surface area contributed by atoms with Crippen molar-refractivity contribution in [1.82, 2.24) is 5.32 Å². The predicted molar refractivity (Wildman–Crippen MR) is 81.7 cm³/mol. The second-order valence-corrected chi connectivity index (χ2v) is 5.89. The molecule has 0 radical (unpaired) electrons. The number of aromatic carboxylic acids is 1. The van der Waals surface area contributed by atoms with E-state index in [2.05, 4.69) is 26.6 Å². The molecule has 2 rings (SSSR count). The van der Waals surface area contributed by atoms with Crippen LogP contribution in [0.1, 0.15) is 30.1 Å². The molecule has 114 valence electrons. The van der Waals surface area contributed by atoms with Crippen LogP contribution in [0.3, 0.4) is 0 Å². The number of hydrogen-bond donors (Lipinski definition) is 3. The Balaban J connectivity index is 1.97. The molecule has 1 aromatic rings. The summed E-state index contributed by atoms with van der Waals surface area (Å²) < 4.78 is 6.10. The number of amides is 2. The third-order valence-corrected chi connectivity index (χ3v) is 3.74. The minimum absolute atomic E-state index is 0.0350. The van der Waals surface area contributed by atoms with Gasteiger partial charge in [0.1, 0.15) is 0 Å². The molecule has 1 saturated heterocycles. The van der Waals surface area contributed by atoms with Crippen LogP contribution in [0.25, 0.3) is 0 Å². The molecule has 6 nitrogen and oxygen atoms in total. The number of rotatable bonds is 4. The Labute approximate surface area is 131 Å². The third kappa shape index (κ3) is 4.44. The van der Waals surface area contributed by atoms with Gasteiger partial charge in [-0.15, -0.1) is 0 Å². The standard InChI is InChI=1S/C14H17BrN2O4/c1-8(12-3-2-4-21-12)16-14(20)17-11-6-9(13(18)19)5-10(15)7-11/h5-8,12H,2-4H2,1H3,(H,18,19)(H2,16,17,20). The van der Waals surface area contributed by atoms with Gasteiger partial charge >= 0.3 is 12.0 Å². The third-order valence-electron chi connectivity index (χ3n) is 3.28. The first-order valence-electron chi connectivity index (χ1n) is 6.68. The second-order valence-electron chi connectivity index (χ2n) is 4.97. The molecule has 2 unspecified atom stereocenters. The zero-order valence-corrected chi connectivity index (χ0v) is 13.1. The first-order valence-corrected chi connectivity index (χ1v) is 7.48. The number of anilines is 1. The molecule has 1 heterocycles. The lowest BCUT2D eigenvalue weighted by molar-refractivity contribution is 0.0697. The van der Waals surface area contributed by atoms with E-state index in [1.165, 1.54) is 12.1 Å². The summed E-state index contributed by atoms with van der Waals surface area (Å²) in [7, 11) is 0. The average molecular weight is 357 g/mol. The summed E-state index contributed by atoms with van der Waals surface area (Å²) in [5.41, 5.74) is 0.519. The molecule has 21 heavy (non-hydrogen) atoms. The molecule has 7 heteroatoms. The van der Waals surface area contributed by atoms with Gasteiger partial charge in [-0.25, -0.2) is 9.59 Å². The van der Waals surface area contributed by atoms with E-state index < -0.39 is 5.97 Å². The molecule has 0 saturated carbocycles. The lowest BCUT2D eigenvalue weighted by Gasteiger charge is -2.20. The van der Waals surface area contributed by atoms with Crippen LogP contribution in [0, 0.1) is 0 Å². The predicted octanol–water partition coefficient (Wildman–Crippen LogP) is 2.84. The number of benzene rings is 1. The van der Waals surface area contributed by atoms with Gasteiger partial charge in [-0.05, 0) is 38.0 Å². The highest BCUT2D eigenvalue weighted by molar-refractivity contribution is 9.10. The van der Waals surface area contributed by atoms with Crippen molar-refractivity contribution >= 4 is 33.6 Å². The SMILES string of the molecule is CC(NC(=O)Nc1cc(Br)cc(C(=O)O)c1)C1CCCO1. The fourth-order valence-corrected chi connectivity index (χ4v) is 2.74. The van der Waals surface area contributed by atoms with Crippen molar-refractivity contribution in [2.45, 2.75) is 31.9 Å². The summed E-state index contributed by atoms with van der Waals surface area (Å²) in [5.74, 6) is -1.05. The Morgan fingerprint density at radius 1 is 1.43 bits per heavy atom. The molecule has 1 fully saturated rings. The maximum Gasteiger partial charge on any atom is 0.335 e. The molecule has 1 aromatic carbocycles. The van der Waals surface area contributed by atoms with Crippen LogP contribution < -0.4 is 10.6 Å². The van der Waals surface area contributed by atoms with E-state index in [-0.39, 0.29) is 23.7 Å². The van der Waals surface area contributed by atoms with Gasteiger partial charge in [-0.3, -0.25) is 0 Å². The van der Waals surface area contributed by atoms with E-state index in [0.29, 0.717) is 10.2 Å². The van der Waals surface area contributed by atoms with Gasteiger partial charge in [0.25, 0.3) is 0 Å². The fraction of sp³-hybridized carbons (Fsp3) is 0.429. The van der Waals surface area contributed by atoms with Crippen molar-refractivity contribution in [2.75, 3.05) is 11.9 Å². The molecule has 0 bridgehead atoms. The van der Waals surface area contributed by atoms with Crippen molar-refractivity contribution in [1.29, 1.82) is 0 Å². The van der Waals surface area contributed by atoms with Gasteiger partial charge in [0.15, 0.2) is 0 Å². The number of nitrogens with one attached hydrogen (secondary N) is 2. The van der Waals surface area contributed by atoms with Crippen LogP contribution >= 0.6 is 15.9 Å². The van der Waals surface area contributed by atoms with Crippen molar-refractivity contribution in [2.24, 2.45) is 0 Å². The minimum Gasteiger partial charge on any atom is -0.478 e. The zero-order valence-electron chi connectivity index (χ0n) is 11.6. The van der Waals surface area contributed by atoms with Gasteiger partial charge in [-0.2, -0.15) is 0 Å². The van der Waals surface area contributed by atoms with Crippen LogP contribution in [0.15, 0.2) is 22.7 Å². The number of ether oxygens (including phenoxy) is 1. The summed E-state index contributed by atoms with van der Waals surface area (Å²) in [6, 6.07) is 4.04. The number of hydrogen-bond acceptors (Lipinski definition) is 3. The molecule has 0 aliphatic carbocycles. The first-order chi connectivity index (χ1) is 9.95. The Morgan fingerprint density at radius 2 is 2.19 bits per heavy atom. The largest absolute Gasteiger partial charge is 0.478 e. The topological polar surface area (TPSA) is 87.7 Å². The van der Waals surface area contributed by atoms with Crippen molar-refractivity contribution in [3.63, 3.8) is 0 Å². The molecule has 0 aromatic heterocycles. The molecular formula is C14H17BrN2O4. The lowest BCUT2D eigenvalue weighted by atomic mass is 10.1. The van der Waals surface area contributed by atoms with Crippen LogP contribution in [0.2, 0.25) is 0 Å².